The highest BCUT2D eigenvalue weighted by atomic mass is 32.1. The van der Waals surface area contributed by atoms with Gasteiger partial charge < -0.3 is 13.9 Å². The molecule has 4 aromatic rings. The third-order valence-corrected chi connectivity index (χ3v) is 4.75. The minimum Gasteiger partial charge on any atom is -0.493 e. The highest BCUT2D eigenvalue weighted by Crippen LogP contribution is 2.32. The van der Waals surface area contributed by atoms with Crippen molar-refractivity contribution in [2.24, 2.45) is 0 Å². The van der Waals surface area contributed by atoms with Crippen molar-refractivity contribution < 1.29 is 13.9 Å². The Morgan fingerprint density at radius 1 is 1.21 bits per heavy atom. The Kier molecular flexibility index (Phi) is 3.31. The van der Waals surface area contributed by atoms with Crippen molar-refractivity contribution in [1.29, 1.82) is 0 Å². The lowest BCUT2D eigenvalue weighted by Gasteiger charge is -2.06. The van der Waals surface area contributed by atoms with Crippen LogP contribution < -0.4 is 19.6 Å². The molecule has 0 saturated heterocycles. The van der Waals surface area contributed by atoms with Gasteiger partial charge in [0.25, 0.3) is 5.56 Å². The van der Waals surface area contributed by atoms with Crippen LogP contribution in [0.2, 0.25) is 0 Å². The van der Waals surface area contributed by atoms with E-state index in [2.05, 4.69) is 4.98 Å². The maximum absolute atomic E-state index is 12.8. The number of ether oxygens (including phenoxy) is 2. The standard InChI is InChI=1S/C17H14N2O4S/c1-9-4-5-10(23-9)6-15-16(20)19-12-8-14(22-3)13(21-2)7-11(12)18-17(19)24-15/h4-8H,1-3H3/b15-6-. The molecule has 3 aromatic heterocycles. The third kappa shape index (κ3) is 2.16. The number of benzene rings is 1. The molecule has 0 aliphatic rings. The minimum absolute atomic E-state index is 0.126. The van der Waals surface area contributed by atoms with Crippen LogP contribution in [0.1, 0.15) is 11.5 Å². The van der Waals surface area contributed by atoms with Gasteiger partial charge in [-0.2, -0.15) is 0 Å². The second kappa shape index (κ2) is 5.38. The van der Waals surface area contributed by atoms with Crippen LogP contribution in [0.25, 0.3) is 22.1 Å². The molecule has 0 saturated carbocycles. The Bertz CT molecular complexity index is 1170. The van der Waals surface area contributed by atoms with Crippen molar-refractivity contribution >= 4 is 33.4 Å². The number of nitrogens with zero attached hydrogens (tertiary/aromatic N) is 2. The van der Waals surface area contributed by atoms with Crippen molar-refractivity contribution in [1.82, 2.24) is 9.38 Å². The number of thiazole rings is 1. The normalized spacial score (nSPS) is 12.4. The first-order chi connectivity index (χ1) is 11.6. The molecule has 6 nitrogen and oxygen atoms in total. The fourth-order valence-electron chi connectivity index (χ4n) is 2.65. The number of hydrogen-bond acceptors (Lipinski definition) is 6. The summed E-state index contributed by atoms with van der Waals surface area (Å²) in [7, 11) is 3.13. The molecule has 3 heterocycles. The molecular formula is C17H14N2O4S. The summed E-state index contributed by atoms with van der Waals surface area (Å²) in [6.07, 6.45) is 1.74. The van der Waals surface area contributed by atoms with Gasteiger partial charge in [0, 0.05) is 18.2 Å². The Morgan fingerprint density at radius 3 is 2.62 bits per heavy atom. The first-order valence-electron chi connectivity index (χ1n) is 7.26. The SMILES string of the molecule is COc1cc2nc3s/c(=C\c4ccc(C)o4)c(=O)n3c2cc1OC. The lowest BCUT2D eigenvalue weighted by molar-refractivity contribution is 0.355. The summed E-state index contributed by atoms with van der Waals surface area (Å²) in [5.74, 6) is 2.60. The maximum atomic E-state index is 12.8. The molecule has 122 valence electrons. The number of hydrogen-bond donors (Lipinski definition) is 0. The van der Waals surface area contributed by atoms with E-state index in [4.69, 9.17) is 13.9 Å². The first kappa shape index (κ1) is 14.8. The van der Waals surface area contributed by atoms with Gasteiger partial charge in [0.2, 0.25) is 0 Å². The molecule has 0 radical (unpaired) electrons. The smallest absolute Gasteiger partial charge is 0.275 e. The number of aromatic nitrogens is 2. The Labute approximate surface area is 140 Å². The quantitative estimate of drug-likeness (QED) is 0.572. The number of aryl methyl sites for hydroxylation is 1. The van der Waals surface area contributed by atoms with Gasteiger partial charge in [0.05, 0.1) is 25.3 Å². The van der Waals surface area contributed by atoms with Gasteiger partial charge in [-0.25, -0.2) is 9.38 Å². The Balaban J connectivity index is 2.00. The molecule has 0 spiro atoms. The highest BCUT2D eigenvalue weighted by molar-refractivity contribution is 7.15. The molecule has 0 unspecified atom stereocenters. The molecule has 0 fully saturated rings. The number of imidazole rings is 1. The molecule has 0 bridgehead atoms. The maximum Gasteiger partial charge on any atom is 0.275 e. The van der Waals surface area contributed by atoms with Gasteiger partial charge in [-0.15, -0.1) is 0 Å². The van der Waals surface area contributed by atoms with Gasteiger partial charge in [0.15, 0.2) is 16.5 Å². The average molecular weight is 342 g/mol. The summed E-state index contributed by atoms with van der Waals surface area (Å²) in [5, 5.41) is 0. The second-order valence-electron chi connectivity index (χ2n) is 5.29. The largest absolute Gasteiger partial charge is 0.493 e. The van der Waals surface area contributed by atoms with E-state index in [1.54, 1.807) is 36.8 Å². The van der Waals surface area contributed by atoms with Crippen molar-refractivity contribution in [3.8, 4) is 11.5 Å². The van der Waals surface area contributed by atoms with E-state index in [0.717, 1.165) is 5.76 Å². The summed E-state index contributed by atoms with van der Waals surface area (Å²) in [5.41, 5.74) is 1.26. The summed E-state index contributed by atoms with van der Waals surface area (Å²) in [4.78, 5) is 17.9. The van der Waals surface area contributed by atoms with Crippen LogP contribution in [0.15, 0.2) is 33.5 Å². The van der Waals surface area contributed by atoms with E-state index in [0.29, 0.717) is 37.8 Å². The number of methoxy groups -OCH3 is 2. The van der Waals surface area contributed by atoms with Crippen LogP contribution in [-0.4, -0.2) is 23.6 Å². The van der Waals surface area contributed by atoms with Crippen LogP contribution in [0.4, 0.5) is 0 Å². The van der Waals surface area contributed by atoms with Crippen molar-refractivity contribution in [2.45, 2.75) is 6.92 Å². The van der Waals surface area contributed by atoms with E-state index in [1.165, 1.54) is 11.3 Å². The molecular weight excluding hydrogens is 328 g/mol. The summed E-state index contributed by atoms with van der Waals surface area (Å²) >= 11 is 1.32. The van der Waals surface area contributed by atoms with E-state index in [-0.39, 0.29) is 5.56 Å². The lowest BCUT2D eigenvalue weighted by Crippen LogP contribution is -2.22. The molecule has 4 rings (SSSR count). The molecule has 0 aliphatic carbocycles. The van der Waals surface area contributed by atoms with Gasteiger partial charge >= 0.3 is 0 Å². The minimum atomic E-state index is -0.126. The van der Waals surface area contributed by atoms with Crippen LogP contribution in [0.5, 0.6) is 11.5 Å². The average Bonchev–Trinajstić information content (AvgIpc) is 3.22. The topological polar surface area (TPSA) is 66.0 Å². The van der Waals surface area contributed by atoms with Crippen molar-refractivity contribution in [3.63, 3.8) is 0 Å². The zero-order chi connectivity index (χ0) is 16.8. The molecule has 7 heteroatoms. The van der Waals surface area contributed by atoms with Crippen LogP contribution in [0, 0.1) is 6.92 Å². The summed E-state index contributed by atoms with van der Waals surface area (Å²) in [6, 6.07) is 7.24. The zero-order valence-electron chi connectivity index (χ0n) is 13.3. The zero-order valence-corrected chi connectivity index (χ0v) is 14.1. The van der Waals surface area contributed by atoms with Crippen LogP contribution >= 0.6 is 11.3 Å². The Morgan fingerprint density at radius 2 is 1.96 bits per heavy atom. The van der Waals surface area contributed by atoms with Gasteiger partial charge in [-0.3, -0.25) is 4.79 Å². The monoisotopic (exact) mass is 342 g/mol. The predicted octanol–water partition coefficient (Wildman–Crippen LogP) is 2.38. The molecule has 0 amide bonds. The van der Waals surface area contributed by atoms with E-state index in [9.17, 15) is 4.79 Å². The van der Waals surface area contributed by atoms with Crippen molar-refractivity contribution in [3.05, 3.63) is 50.7 Å². The van der Waals surface area contributed by atoms with Crippen LogP contribution in [-0.2, 0) is 0 Å². The molecule has 0 aliphatic heterocycles. The first-order valence-corrected chi connectivity index (χ1v) is 8.07. The molecule has 24 heavy (non-hydrogen) atoms. The van der Waals surface area contributed by atoms with Crippen LogP contribution in [0.3, 0.4) is 0 Å². The second-order valence-corrected chi connectivity index (χ2v) is 6.30. The summed E-state index contributed by atoms with van der Waals surface area (Å²) < 4.78 is 18.3. The Hall–Kier alpha value is -2.80. The fraction of sp³-hybridized carbons (Fsp3) is 0.176. The van der Waals surface area contributed by atoms with E-state index < -0.39 is 0 Å². The number of furan rings is 1. The van der Waals surface area contributed by atoms with Gasteiger partial charge in [-0.05, 0) is 19.1 Å². The number of rotatable bonds is 3. The molecule has 0 N–H and O–H groups in total. The molecule has 0 atom stereocenters. The van der Waals surface area contributed by atoms with E-state index in [1.807, 2.05) is 19.1 Å². The third-order valence-electron chi connectivity index (χ3n) is 3.78. The van der Waals surface area contributed by atoms with Gasteiger partial charge in [0.1, 0.15) is 16.1 Å². The van der Waals surface area contributed by atoms with Gasteiger partial charge in [-0.1, -0.05) is 11.3 Å². The fourth-order valence-corrected chi connectivity index (χ4v) is 3.62. The number of fused-ring (bicyclic) bond motifs is 3. The molecule has 1 aromatic carbocycles. The van der Waals surface area contributed by atoms with E-state index >= 15 is 0 Å². The highest BCUT2D eigenvalue weighted by Gasteiger charge is 2.15. The summed E-state index contributed by atoms with van der Waals surface area (Å²) in [6.45, 7) is 1.86. The predicted molar refractivity (Wildman–Crippen MR) is 92.2 cm³/mol. The van der Waals surface area contributed by atoms with Crippen molar-refractivity contribution in [2.75, 3.05) is 14.2 Å². The lowest BCUT2D eigenvalue weighted by atomic mass is 10.2.